The third kappa shape index (κ3) is 3.56. The Hall–Kier alpha value is -2.41. The van der Waals surface area contributed by atoms with Crippen LogP contribution in [0.1, 0.15) is 34.1 Å². The summed E-state index contributed by atoms with van der Waals surface area (Å²) < 4.78 is 9.30. The molecule has 0 bridgehead atoms. The van der Waals surface area contributed by atoms with E-state index in [0.29, 0.717) is 13.0 Å². The molecule has 1 fully saturated rings. The van der Waals surface area contributed by atoms with E-state index in [1.54, 1.807) is 11.3 Å². The minimum absolute atomic E-state index is 0.0539. The van der Waals surface area contributed by atoms with Gasteiger partial charge in [-0.3, -0.25) is 9.48 Å². The van der Waals surface area contributed by atoms with Gasteiger partial charge in [-0.2, -0.15) is 5.10 Å². The van der Waals surface area contributed by atoms with E-state index in [9.17, 15) is 4.79 Å². The molecule has 1 saturated heterocycles. The second-order valence-electron chi connectivity index (χ2n) is 8.11. The molecule has 1 aliphatic heterocycles. The highest BCUT2D eigenvalue weighted by atomic mass is 32.1. The lowest BCUT2D eigenvalue weighted by molar-refractivity contribution is -0.119. The number of hydrogen-bond acceptors (Lipinski definition) is 5. The molecule has 2 aromatic heterocycles. The van der Waals surface area contributed by atoms with E-state index < -0.39 is 0 Å². The van der Waals surface area contributed by atoms with Gasteiger partial charge in [-0.05, 0) is 45.4 Å². The molecule has 1 aromatic carbocycles. The van der Waals surface area contributed by atoms with E-state index in [0.717, 1.165) is 27.1 Å². The van der Waals surface area contributed by atoms with Crippen molar-refractivity contribution in [3.8, 4) is 16.9 Å². The number of rotatable bonds is 4. The zero-order valence-electron chi connectivity index (χ0n) is 16.0. The first-order valence-electron chi connectivity index (χ1n) is 9.17. The predicted molar refractivity (Wildman–Crippen MR) is 107 cm³/mol. The van der Waals surface area contributed by atoms with E-state index in [4.69, 9.17) is 4.74 Å². The molecule has 1 N–H and O–H groups in total. The molecule has 1 aliphatic rings. The van der Waals surface area contributed by atoms with Crippen molar-refractivity contribution in [2.75, 3.05) is 6.54 Å². The maximum Gasteiger partial charge on any atom is 0.220 e. The van der Waals surface area contributed by atoms with Crippen LogP contribution in [0.25, 0.3) is 21.3 Å². The van der Waals surface area contributed by atoms with Gasteiger partial charge < -0.3 is 10.1 Å². The van der Waals surface area contributed by atoms with Crippen molar-refractivity contribution >= 4 is 27.5 Å². The minimum Gasteiger partial charge on any atom is -0.489 e. The Kier molecular flexibility index (Phi) is 4.42. The molecular formula is C20H24N4O2S. The van der Waals surface area contributed by atoms with E-state index in [2.05, 4.69) is 54.5 Å². The van der Waals surface area contributed by atoms with Crippen molar-refractivity contribution in [3.05, 3.63) is 30.0 Å². The average molecular weight is 385 g/mol. The summed E-state index contributed by atoms with van der Waals surface area (Å²) in [6.45, 7) is 9.08. The Balaban J connectivity index is 1.67. The number of ether oxygens (including phenoxy) is 1. The third-order valence-electron chi connectivity index (χ3n) is 4.99. The quantitative estimate of drug-likeness (QED) is 0.742. The van der Waals surface area contributed by atoms with E-state index in [1.165, 1.54) is 0 Å². The van der Waals surface area contributed by atoms with Gasteiger partial charge in [0.1, 0.15) is 11.9 Å². The highest BCUT2D eigenvalue weighted by molar-refractivity contribution is 7.17. The summed E-state index contributed by atoms with van der Waals surface area (Å²) in [5.41, 5.74) is 4.76. The van der Waals surface area contributed by atoms with Gasteiger partial charge in [-0.15, -0.1) is 11.3 Å². The fourth-order valence-corrected chi connectivity index (χ4v) is 4.01. The zero-order valence-corrected chi connectivity index (χ0v) is 16.8. The molecule has 4 rings (SSSR count). The van der Waals surface area contributed by atoms with Crippen molar-refractivity contribution in [1.82, 2.24) is 20.1 Å². The summed E-state index contributed by atoms with van der Waals surface area (Å²) in [7, 11) is 0. The summed E-state index contributed by atoms with van der Waals surface area (Å²) in [6, 6.07) is 4.14. The van der Waals surface area contributed by atoms with Gasteiger partial charge in [0, 0.05) is 30.6 Å². The van der Waals surface area contributed by atoms with Crippen LogP contribution in [0.5, 0.6) is 5.75 Å². The molecule has 6 nitrogen and oxygen atoms in total. The molecule has 27 heavy (non-hydrogen) atoms. The van der Waals surface area contributed by atoms with Crippen LogP contribution in [0, 0.1) is 5.92 Å². The highest BCUT2D eigenvalue weighted by Crippen LogP contribution is 2.36. The number of aromatic nitrogens is 3. The van der Waals surface area contributed by atoms with Crippen LogP contribution in [0.3, 0.4) is 0 Å². The van der Waals surface area contributed by atoms with Crippen LogP contribution in [0.15, 0.2) is 30.0 Å². The molecule has 3 heterocycles. The van der Waals surface area contributed by atoms with E-state index in [-0.39, 0.29) is 23.5 Å². The van der Waals surface area contributed by atoms with E-state index >= 15 is 0 Å². The molecule has 0 radical (unpaired) electrons. The largest absolute Gasteiger partial charge is 0.489 e. The number of nitrogens with zero attached hydrogens (tertiary/aromatic N) is 3. The molecule has 1 unspecified atom stereocenters. The standard InChI is InChI=1S/C20H24N4O2S/c1-12(14-7-18(25)21-8-14)26-17-6-13(5-16-19(17)27-11-22-16)15-9-23-24(10-15)20(2,3)4/h5-6,9-12,14H,7-8H2,1-4H3,(H,21,25)/t12?,14-/m1/s1. The van der Waals surface area contributed by atoms with Crippen molar-refractivity contribution < 1.29 is 9.53 Å². The second-order valence-corrected chi connectivity index (χ2v) is 8.97. The number of thiazole rings is 1. The normalized spacial score (nSPS) is 18.7. The van der Waals surface area contributed by atoms with Gasteiger partial charge in [-0.1, -0.05) is 0 Å². The lowest BCUT2D eigenvalue weighted by atomic mass is 10.0. The predicted octanol–water partition coefficient (Wildman–Crippen LogP) is 3.82. The lowest BCUT2D eigenvalue weighted by Gasteiger charge is -2.20. The minimum atomic E-state index is -0.0706. The van der Waals surface area contributed by atoms with Gasteiger partial charge in [0.05, 0.1) is 27.5 Å². The number of fused-ring (bicyclic) bond motifs is 1. The van der Waals surface area contributed by atoms with Crippen LogP contribution in [0.2, 0.25) is 0 Å². The van der Waals surface area contributed by atoms with Gasteiger partial charge in [0.2, 0.25) is 5.91 Å². The number of nitrogens with one attached hydrogen (secondary N) is 1. The molecular weight excluding hydrogens is 360 g/mol. The molecule has 1 amide bonds. The zero-order chi connectivity index (χ0) is 19.2. The number of hydrogen-bond donors (Lipinski definition) is 1. The van der Waals surface area contributed by atoms with Crippen molar-refractivity contribution in [3.63, 3.8) is 0 Å². The number of benzene rings is 1. The van der Waals surface area contributed by atoms with Crippen molar-refractivity contribution in [2.45, 2.75) is 45.8 Å². The molecule has 3 aromatic rings. The SMILES string of the molecule is CC(Oc1cc(-c2cnn(C(C)(C)C)c2)cc2ncsc12)[C@H]1CNC(=O)C1. The van der Waals surface area contributed by atoms with Crippen LogP contribution in [0.4, 0.5) is 0 Å². The Morgan fingerprint density at radius 3 is 2.81 bits per heavy atom. The van der Waals surface area contributed by atoms with Gasteiger partial charge in [-0.25, -0.2) is 4.98 Å². The first-order chi connectivity index (χ1) is 12.8. The fraction of sp³-hybridized carbons (Fsp3) is 0.450. The Bertz CT molecular complexity index is 985. The second kappa shape index (κ2) is 6.64. The highest BCUT2D eigenvalue weighted by Gasteiger charge is 2.28. The summed E-state index contributed by atoms with van der Waals surface area (Å²) in [6.07, 6.45) is 4.40. The first kappa shape index (κ1) is 18.0. The third-order valence-corrected chi connectivity index (χ3v) is 5.84. The van der Waals surface area contributed by atoms with Gasteiger partial charge >= 0.3 is 0 Å². The number of carbonyl (C=O) groups is 1. The molecule has 0 aliphatic carbocycles. The lowest BCUT2D eigenvalue weighted by Crippen LogP contribution is -2.25. The molecule has 0 saturated carbocycles. The summed E-state index contributed by atoms with van der Waals surface area (Å²) in [4.78, 5) is 16.0. The Morgan fingerprint density at radius 1 is 1.33 bits per heavy atom. The average Bonchev–Trinajstić information content (AvgIpc) is 3.33. The van der Waals surface area contributed by atoms with Gasteiger partial charge in [0.15, 0.2) is 0 Å². The van der Waals surface area contributed by atoms with Crippen LogP contribution in [-0.2, 0) is 10.3 Å². The fourth-order valence-electron chi connectivity index (χ4n) is 3.29. The number of carbonyl (C=O) groups excluding carboxylic acids is 1. The maximum absolute atomic E-state index is 11.5. The molecule has 2 atom stereocenters. The number of amides is 1. The monoisotopic (exact) mass is 384 g/mol. The summed E-state index contributed by atoms with van der Waals surface area (Å²) >= 11 is 1.57. The van der Waals surface area contributed by atoms with E-state index in [1.807, 2.05) is 23.3 Å². The Morgan fingerprint density at radius 2 is 2.15 bits per heavy atom. The summed E-state index contributed by atoms with van der Waals surface area (Å²) in [5.74, 6) is 1.11. The van der Waals surface area contributed by atoms with Crippen LogP contribution >= 0.6 is 11.3 Å². The topological polar surface area (TPSA) is 69.0 Å². The molecule has 7 heteroatoms. The van der Waals surface area contributed by atoms with Crippen molar-refractivity contribution in [2.24, 2.45) is 5.92 Å². The van der Waals surface area contributed by atoms with Gasteiger partial charge in [0.25, 0.3) is 0 Å². The molecule has 0 spiro atoms. The maximum atomic E-state index is 11.5. The van der Waals surface area contributed by atoms with Crippen LogP contribution in [-0.4, -0.2) is 33.3 Å². The Labute approximate surface area is 162 Å². The smallest absolute Gasteiger partial charge is 0.220 e. The first-order valence-corrected chi connectivity index (χ1v) is 10.1. The van der Waals surface area contributed by atoms with Crippen LogP contribution < -0.4 is 10.1 Å². The van der Waals surface area contributed by atoms with Crippen molar-refractivity contribution in [1.29, 1.82) is 0 Å². The summed E-state index contributed by atoms with van der Waals surface area (Å²) in [5, 5.41) is 7.39. The molecule has 142 valence electrons.